The van der Waals surface area contributed by atoms with E-state index in [1.54, 1.807) is 18.3 Å². The molecule has 0 saturated heterocycles. The average molecular weight is 494 g/mol. The number of carboxylic acids is 1. The van der Waals surface area contributed by atoms with Crippen LogP contribution in [-0.4, -0.2) is 45.6 Å². The smallest absolute Gasteiger partial charge is 0.307 e. The van der Waals surface area contributed by atoms with Crippen molar-refractivity contribution in [1.82, 2.24) is 4.98 Å². The first-order chi connectivity index (χ1) is 17.3. The number of hydrogen-bond donors (Lipinski definition) is 3. The van der Waals surface area contributed by atoms with Crippen LogP contribution in [0.15, 0.2) is 42.6 Å². The number of hydrogen-bond acceptors (Lipinski definition) is 6. The molecule has 3 N–H and O–H groups in total. The molecule has 0 amide bonds. The summed E-state index contributed by atoms with van der Waals surface area (Å²) >= 11 is 0. The topological polar surface area (TPSA) is 109 Å². The molecule has 2 aliphatic carbocycles. The van der Waals surface area contributed by atoms with Crippen LogP contribution in [0.2, 0.25) is 0 Å². The van der Waals surface area contributed by atoms with E-state index in [-0.39, 0.29) is 43.4 Å². The Balaban J connectivity index is 1.30. The minimum Gasteiger partial charge on any atom is -0.491 e. The fourth-order valence-corrected chi connectivity index (χ4v) is 5.38. The van der Waals surface area contributed by atoms with Gasteiger partial charge in [0.15, 0.2) is 0 Å². The zero-order chi connectivity index (χ0) is 25.6. The summed E-state index contributed by atoms with van der Waals surface area (Å²) in [5, 5.41) is 27.8. The zero-order valence-corrected chi connectivity index (χ0v) is 20.1. The Kier molecular flexibility index (Phi) is 6.40. The Bertz CT molecular complexity index is 1300. The maximum atomic E-state index is 14.6. The largest absolute Gasteiger partial charge is 0.491 e. The highest BCUT2D eigenvalue weighted by molar-refractivity contribution is 5.77. The van der Waals surface area contributed by atoms with Crippen molar-refractivity contribution in [2.75, 3.05) is 13.2 Å². The lowest BCUT2D eigenvalue weighted by molar-refractivity contribution is -0.139. The van der Waals surface area contributed by atoms with Crippen molar-refractivity contribution in [3.05, 3.63) is 76.2 Å². The number of aryl methyl sites for hydroxylation is 2. The van der Waals surface area contributed by atoms with Crippen molar-refractivity contribution < 1.29 is 34.0 Å². The highest BCUT2D eigenvalue weighted by atomic mass is 19.1. The van der Waals surface area contributed by atoms with E-state index in [2.05, 4.69) is 4.98 Å². The number of fused-ring (bicyclic) bond motifs is 3. The van der Waals surface area contributed by atoms with Gasteiger partial charge in [-0.1, -0.05) is 6.07 Å². The second-order valence-electron chi connectivity index (χ2n) is 9.65. The van der Waals surface area contributed by atoms with Crippen LogP contribution in [0.25, 0.3) is 11.1 Å². The van der Waals surface area contributed by atoms with Gasteiger partial charge in [-0.2, -0.15) is 0 Å². The molecule has 2 aromatic carbocycles. The van der Waals surface area contributed by atoms with Gasteiger partial charge < -0.3 is 24.8 Å². The highest BCUT2D eigenvalue weighted by Gasteiger charge is 2.59. The van der Waals surface area contributed by atoms with Crippen LogP contribution in [0.3, 0.4) is 0 Å². The van der Waals surface area contributed by atoms with Crippen molar-refractivity contribution in [3.8, 4) is 22.8 Å². The summed E-state index contributed by atoms with van der Waals surface area (Å²) in [6.07, 6.45) is 1.45. The third-order valence-corrected chi connectivity index (χ3v) is 7.14. The van der Waals surface area contributed by atoms with Crippen LogP contribution in [0.1, 0.15) is 33.7 Å². The van der Waals surface area contributed by atoms with Crippen molar-refractivity contribution >= 4 is 5.97 Å². The Morgan fingerprint density at radius 3 is 2.61 bits per heavy atom. The SMILES string of the molecule is Cc1cc(OCC(O)CO)cc(C)c1-c1ccc(F)c(COc2cc3c(cn2)[C@H]2[C@@H](C3)[C@@H]2C(=O)O)c1. The average Bonchev–Trinajstić information content (AvgIpc) is 3.44. The number of aliphatic hydroxyl groups excluding tert-OH is 2. The number of carbonyl (C=O) groups is 1. The highest BCUT2D eigenvalue weighted by Crippen LogP contribution is 2.61. The number of halogens is 1. The van der Waals surface area contributed by atoms with Crippen LogP contribution >= 0.6 is 0 Å². The van der Waals surface area contributed by atoms with Crippen molar-refractivity contribution in [3.63, 3.8) is 0 Å². The van der Waals surface area contributed by atoms with Gasteiger partial charge >= 0.3 is 5.97 Å². The van der Waals surface area contributed by atoms with Gasteiger partial charge in [0.25, 0.3) is 0 Å². The van der Waals surface area contributed by atoms with E-state index in [0.717, 1.165) is 33.4 Å². The number of aliphatic carboxylic acids is 1. The normalized spacial score (nSPS) is 20.4. The number of carboxylic acid groups (broad SMARTS) is 1. The molecule has 0 spiro atoms. The monoisotopic (exact) mass is 493 g/mol. The fraction of sp³-hybridized carbons (Fsp3) is 0.357. The van der Waals surface area contributed by atoms with Gasteiger partial charge in [-0.25, -0.2) is 9.37 Å². The van der Waals surface area contributed by atoms with Gasteiger partial charge in [0.05, 0.1) is 12.5 Å². The molecule has 8 heteroatoms. The summed E-state index contributed by atoms with van der Waals surface area (Å²) in [6.45, 7) is 3.50. The predicted molar refractivity (Wildman–Crippen MR) is 130 cm³/mol. The second-order valence-corrected chi connectivity index (χ2v) is 9.65. The number of benzene rings is 2. The number of pyridine rings is 1. The standard InChI is InChI=1S/C28H28FNO6/c1-14-5-20(35-13-19(32)11-31)6-15(2)25(14)16-3-4-23(29)18(7-16)12-36-24-9-17-8-21-26(22(17)10-30-24)27(21)28(33)34/h3-7,9-10,19,21,26-27,31-32H,8,11-13H2,1-2H3,(H,33,34)/t19?,21-,26-,27+/m1/s1. The van der Waals surface area contributed by atoms with E-state index in [1.165, 1.54) is 6.07 Å². The molecule has 1 aromatic heterocycles. The molecule has 0 bridgehead atoms. The molecule has 2 aliphatic rings. The van der Waals surface area contributed by atoms with Gasteiger partial charge in [0.2, 0.25) is 5.88 Å². The van der Waals surface area contributed by atoms with E-state index in [1.807, 2.05) is 32.0 Å². The van der Waals surface area contributed by atoms with E-state index in [0.29, 0.717) is 23.6 Å². The maximum Gasteiger partial charge on any atom is 0.307 e. The minimum atomic E-state index is -0.947. The molecule has 1 unspecified atom stereocenters. The quantitative estimate of drug-likeness (QED) is 0.416. The molecular formula is C28H28FNO6. The Labute approximate surface area is 208 Å². The van der Waals surface area contributed by atoms with E-state index < -0.39 is 12.1 Å². The van der Waals surface area contributed by atoms with Crippen molar-refractivity contribution in [2.24, 2.45) is 11.8 Å². The summed E-state index contributed by atoms with van der Waals surface area (Å²) in [7, 11) is 0. The van der Waals surface area contributed by atoms with Crippen LogP contribution in [0, 0.1) is 31.5 Å². The minimum absolute atomic E-state index is 0.00834. The van der Waals surface area contributed by atoms with E-state index >= 15 is 0 Å². The molecular weight excluding hydrogens is 465 g/mol. The summed E-state index contributed by atoms with van der Waals surface area (Å²) in [6, 6.07) is 10.4. The lowest BCUT2D eigenvalue weighted by Crippen LogP contribution is -2.21. The van der Waals surface area contributed by atoms with Crippen LogP contribution in [-0.2, 0) is 17.8 Å². The Hall–Kier alpha value is -3.49. The molecule has 188 valence electrons. The maximum absolute atomic E-state index is 14.6. The fourth-order valence-electron chi connectivity index (χ4n) is 5.38. The molecule has 1 fully saturated rings. The molecule has 3 aromatic rings. The summed E-state index contributed by atoms with van der Waals surface area (Å²) < 4.78 is 26.0. The Morgan fingerprint density at radius 2 is 1.92 bits per heavy atom. The summed E-state index contributed by atoms with van der Waals surface area (Å²) in [5.41, 5.74) is 6.09. The number of aliphatic hydroxyl groups is 2. The van der Waals surface area contributed by atoms with Crippen molar-refractivity contribution in [1.29, 1.82) is 0 Å². The third-order valence-electron chi connectivity index (χ3n) is 7.14. The van der Waals surface area contributed by atoms with Crippen LogP contribution in [0.4, 0.5) is 4.39 Å². The lowest BCUT2D eigenvalue weighted by atomic mass is 9.94. The first-order valence-corrected chi connectivity index (χ1v) is 11.9. The molecule has 7 nitrogen and oxygen atoms in total. The van der Waals surface area contributed by atoms with Gasteiger partial charge in [0.1, 0.15) is 30.9 Å². The number of nitrogens with zero attached hydrogens (tertiary/aromatic N) is 1. The molecule has 1 saturated carbocycles. The van der Waals surface area contributed by atoms with Crippen LogP contribution < -0.4 is 9.47 Å². The second kappa shape index (κ2) is 9.52. The van der Waals surface area contributed by atoms with Gasteiger partial charge in [-0.3, -0.25) is 4.79 Å². The molecule has 0 radical (unpaired) electrons. The predicted octanol–water partition coefficient (Wildman–Crippen LogP) is 3.79. The van der Waals surface area contributed by atoms with Gasteiger partial charge in [-0.15, -0.1) is 0 Å². The molecule has 1 heterocycles. The van der Waals surface area contributed by atoms with Gasteiger partial charge in [-0.05, 0) is 83.8 Å². The summed E-state index contributed by atoms with van der Waals surface area (Å²) in [4.78, 5) is 15.6. The van der Waals surface area contributed by atoms with E-state index in [4.69, 9.17) is 14.6 Å². The number of ether oxygens (including phenoxy) is 2. The first-order valence-electron chi connectivity index (χ1n) is 11.9. The lowest BCUT2D eigenvalue weighted by Gasteiger charge is -2.16. The molecule has 0 aliphatic heterocycles. The summed E-state index contributed by atoms with van der Waals surface area (Å²) in [5.74, 6) is -0.254. The van der Waals surface area contributed by atoms with Crippen LogP contribution in [0.5, 0.6) is 11.6 Å². The zero-order valence-electron chi connectivity index (χ0n) is 20.1. The number of aromatic nitrogens is 1. The molecule has 5 rings (SSSR count). The number of rotatable bonds is 9. The van der Waals surface area contributed by atoms with Crippen molar-refractivity contribution in [2.45, 2.75) is 38.9 Å². The first kappa shape index (κ1) is 24.2. The molecule has 4 atom stereocenters. The Morgan fingerprint density at radius 1 is 1.17 bits per heavy atom. The van der Waals surface area contributed by atoms with Gasteiger partial charge in [0, 0.05) is 23.7 Å². The van der Waals surface area contributed by atoms with E-state index in [9.17, 15) is 19.4 Å². The molecule has 36 heavy (non-hydrogen) atoms. The third kappa shape index (κ3) is 4.54.